The third kappa shape index (κ3) is 6.33. The zero-order chi connectivity index (χ0) is 31.7. The summed E-state index contributed by atoms with van der Waals surface area (Å²) in [5.74, 6) is -2.09. The van der Waals surface area contributed by atoms with Gasteiger partial charge in [-0.25, -0.2) is 0 Å². The Balaban J connectivity index is 0.000000599. The molecule has 4 fully saturated rings. The van der Waals surface area contributed by atoms with Crippen molar-refractivity contribution in [2.75, 3.05) is 0 Å². The number of hydrogen-bond donors (Lipinski definition) is 4. The summed E-state index contributed by atoms with van der Waals surface area (Å²) in [6.45, 7) is 15.8. The number of carboxylic acid groups (broad SMARTS) is 3. The number of allylic oxidation sites excluding steroid dienone is 2. The predicted octanol–water partition coefficient (Wildman–Crippen LogP) is 0.356. The van der Waals surface area contributed by atoms with Gasteiger partial charge in [0.05, 0.1) is 24.4 Å². The van der Waals surface area contributed by atoms with Gasteiger partial charge in [-0.2, -0.15) is 0 Å². The first-order chi connectivity index (χ1) is 19.2. The van der Waals surface area contributed by atoms with E-state index in [0.717, 1.165) is 51.4 Å². The molecule has 5 aliphatic rings. The molecule has 0 unspecified atom stereocenters. The summed E-state index contributed by atoms with van der Waals surface area (Å²) in [7, 11) is 0. The van der Waals surface area contributed by atoms with E-state index in [0.29, 0.717) is 12.3 Å². The second-order valence-corrected chi connectivity index (χ2v) is 16.2. The van der Waals surface area contributed by atoms with Crippen LogP contribution in [0.15, 0.2) is 11.6 Å². The smallest absolute Gasteiger partial charge is 0.481 e. The number of aliphatic carboxylic acids is 3. The van der Waals surface area contributed by atoms with E-state index in [-0.39, 0.29) is 123 Å². The van der Waals surface area contributed by atoms with Crippen LogP contribution in [0.2, 0.25) is 0 Å². The van der Waals surface area contributed by atoms with Gasteiger partial charge in [0.2, 0.25) is 0 Å². The van der Waals surface area contributed by atoms with Crippen LogP contribution in [-0.2, 0) is 19.2 Å². The molecule has 0 aromatic carbocycles. The van der Waals surface area contributed by atoms with Gasteiger partial charge in [0, 0.05) is 5.92 Å². The monoisotopic (exact) mass is 634 g/mol. The van der Waals surface area contributed by atoms with Crippen molar-refractivity contribution in [2.45, 2.75) is 125 Å². The van der Waals surface area contributed by atoms with Crippen molar-refractivity contribution in [3.8, 4) is 0 Å². The van der Waals surface area contributed by atoms with Gasteiger partial charge in [-0.3, -0.25) is 19.2 Å². The van der Waals surface area contributed by atoms with E-state index in [2.05, 4.69) is 41.5 Å². The standard InChI is InChI=1S/C30H46O4.C4H6O4.2Na/c1-25(2)21-8-11-30(7)23(28(21,5)10-9-22(25)32)20(31)16-18-19-17-27(4,24(33)34)13-12-26(19,3)14-15-29(18,30)6;5-3(6)1-2-4(7)8;;/h16,19,21-23,32H,8-15,17H2,1-7H3,(H,33,34);1-2H2,(H,5,6)(H,7,8);;/q;;2*+1/t19-,21-,22-,23+,26+,27-,28-,29+,30+;;;/m0.../s1. The van der Waals surface area contributed by atoms with E-state index < -0.39 is 23.3 Å². The topological polar surface area (TPSA) is 149 Å². The zero-order valence-corrected chi connectivity index (χ0v) is 32.6. The molecular formula is C34H52Na2O8+2. The molecule has 44 heavy (non-hydrogen) atoms. The first kappa shape index (κ1) is 40.0. The quantitative estimate of drug-likeness (QED) is 0.324. The summed E-state index contributed by atoms with van der Waals surface area (Å²) < 4.78 is 0. The first-order valence-electron chi connectivity index (χ1n) is 15.8. The first-order valence-corrected chi connectivity index (χ1v) is 15.8. The van der Waals surface area contributed by atoms with Crippen LogP contribution < -0.4 is 59.1 Å². The van der Waals surface area contributed by atoms with E-state index in [9.17, 15) is 29.4 Å². The average Bonchev–Trinajstić information content (AvgIpc) is 2.88. The predicted molar refractivity (Wildman–Crippen MR) is 158 cm³/mol. The van der Waals surface area contributed by atoms with E-state index in [1.54, 1.807) is 0 Å². The van der Waals surface area contributed by atoms with Gasteiger partial charge in [-0.1, -0.05) is 47.1 Å². The van der Waals surface area contributed by atoms with Gasteiger partial charge in [0.15, 0.2) is 5.78 Å². The molecular weight excluding hydrogens is 582 g/mol. The molecule has 5 aliphatic carbocycles. The molecule has 4 saturated carbocycles. The molecule has 8 nitrogen and oxygen atoms in total. The molecule has 10 heteroatoms. The van der Waals surface area contributed by atoms with Crippen molar-refractivity contribution in [3.63, 3.8) is 0 Å². The molecule has 0 aromatic rings. The van der Waals surface area contributed by atoms with Crippen molar-refractivity contribution in [3.05, 3.63) is 11.6 Å². The summed E-state index contributed by atoms with van der Waals surface area (Å²) in [4.78, 5) is 45.7. The molecule has 0 aliphatic heterocycles. The van der Waals surface area contributed by atoms with Crippen molar-refractivity contribution < 1.29 is 98.7 Å². The number of ketones is 1. The van der Waals surface area contributed by atoms with E-state index in [4.69, 9.17) is 10.2 Å². The largest absolute Gasteiger partial charge is 1.00 e. The molecule has 0 saturated heterocycles. The van der Waals surface area contributed by atoms with Crippen molar-refractivity contribution in [2.24, 2.45) is 50.2 Å². The summed E-state index contributed by atoms with van der Waals surface area (Å²) in [5, 5.41) is 36.7. The Labute approximate surface area is 307 Å². The molecule has 5 rings (SSSR count). The van der Waals surface area contributed by atoms with Gasteiger partial charge in [0.1, 0.15) is 0 Å². The van der Waals surface area contributed by atoms with E-state index in [1.165, 1.54) is 5.57 Å². The number of rotatable bonds is 4. The second kappa shape index (κ2) is 13.4. The third-order valence-electron chi connectivity index (χ3n) is 13.6. The molecule has 236 valence electrons. The summed E-state index contributed by atoms with van der Waals surface area (Å²) in [5.41, 5.74) is 0.142. The summed E-state index contributed by atoms with van der Waals surface area (Å²) >= 11 is 0. The van der Waals surface area contributed by atoms with Crippen LogP contribution in [0, 0.1) is 50.2 Å². The maximum Gasteiger partial charge on any atom is 1.00 e. The van der Waals surface area contributed by atoms with Gasteiger partial charge in [-0.05, 0) is 110 Å². The van der Waals surface area contributed by atoms with Gasteiger partial charge < -0.3 is 20.4 Å². The molecule has 0 aromatic heterocycles. The Kier molecular flexibility index (Phi) is 12.1. The fourth-order valence-corrected chi connectivity index (χ4v) is 10.6. The average molecular weight is 635 g/mol. The Hall–Kier alpha value is -0.220. The minimum Gasteiger partial charge on any atom is -0.481 e. The maximum atomic E-state index is 14.2. The molecule has 0 bridgehead atoms. The summed E-state index contributed by atoms with van der Waals surface area (Å²) in [6, 6.07) is 0. The van der Waals surface area contributed by atoms with E-state index in [1.807, 2.05) is 13.0 Å². The molecule has 0 heterocycles. The van der Waals surface area contributed by atoms with Crippen LogP contribution in [-0.4, -0.2) is 50.2 Å². The molecule has 4 N–H and O–H groups in total. The Morgan fingerprint density at radius 1 is 0.795 bits per heavy atom. The second-order valence-electron chi connectivity index (χ2n) is 16.2. The fourth-order valence-electron chi connectivity index (χ4n) is 10.6. The SMILES string of the molecule is CC1(C)[C@@H](O)CC[C@]2(C)[C@H]3C(=O)C=C4[C@@H]5C[C@@](C)(C(=O)O)CC[C@]5(C)CC[C@@]4(C)[C@]3(C)CC[C@@H]12.O=C(O)CCC(=O)O.[Na+].[Na+]. The number of aliphatic hydroxyl groups excluding tert-OH is 1. The van der Waals surface area contributed by atoms with Gasteiger partial charge in [0.25, 0.3) is 0 Å². The van der Waals surface area contributed by atoms with Gasteiger partial charge >= 0.3 is 77.0 Å². The maximum absolute atomic E-state index is 14.2. The Morgan fingerprint density at radius 3 is 1.86 bits per heavy atom. The van der Waals surface area contributed by atoms with Crippen molar-refractivity contribution in [1.29, 1.82) is 0 Å². The number of carbonyl (C=O) groups excluding carboxylic acids is 1. The Morgan fingerprint density at radius 2 is 1.34 bits per heavy atom. The molecule has 0 radical (unpaired) electrons. The minimum absolute atomic E-state index is 0. The molecule has 9 atom stereocenters. The number of hydrogen-bond acceptors (Lipinski definition) is 5. The van der Waals surface area contributed by atoms with Crippen LogP contribution in [0.3, 0.4) is 0 Å². The Bertz CT molecular complexity index is 1190. The fraction of sp³-hybridized carbons (Fsp3) is 0.824. The summed E-state index contributed by atoms with van der Waals surface area (Å²) in [6.07, 6.45) is 9.36. The van der Waals surface area contributed by atoms with Crippen molar-refractivity contribution >= 4 is 23.7 Å². The van der Waals surface area contributed by atoms with Crippen LogP contribution in [0.5, 0.6) is 0 Å². The normalized spacial score (nSPS) is 43.4. The number of aliphatic hydroxyl groups is 1. The van der Waals surface area contributed by atoms with Crippen LogP contribution in [0.25, 0.3) is 0 Å². The van der Waals surface area contributed by atoms with Crippen LogP contribution in [0.4, 0.5) is 0 Å². The third-order valence-corrected chi connectivity index (χ3v) is 13.6. The zero-order valence-electron chi connectivity index (χ0n) is 28.6. The number of carbonyl (C=O) groups is 4. The van der Waals surface area contributed by atoms with E-state index >= 15 is 0 Å². The molecule has 0 amide bonds. The number of carboxylic acids is 3. The van der Waals surface area contributed by atoms with Crippen LogP contribution >= 0.6 is 0 Å². The molecule has 0 spiro atoms. The number of fused-ring (bicyclic) bond motifs is 7. The minimum atomic E-state index is -1.08. The van der Waals surface area contributed by atoms with Crippen molar-refractivity contribution in [1.82, 2.24) is 0 Å². The van der Waals surface area contributed by atoms with Gasteiger partial charge in [-0.15, -0.1) is 0 Å². The van der Waals surface area contributed by atoms with Crippen LogP contribution in [0.1, 0.15) is 119 Å².